The minimum absolute atomic E-state index is 0.309. The Morgan fingerprint density at radius 3 is 3.08 bits per heavy atom. The third kappa shape index (κ3) is 1.26. The number of rotatable bonds is 2. The van der Waals surface area contributed by atoms with Crippen molar-refractivity contribution in [1.82, 2.24) is 19.9 Å². The lowest BCUT2D eigenvalue weighted by molar-refractivity contribution is 0.330. The van der Waals surface area contributed by atoms with E-state index in [1.807, 2.05) is 6.92 Å². The maximum absolute atomic E-state index is 10.9. The fourth-order valence-corrected chi connectivity index (χ4v) is 1.08. The highest BCUT2D eigenvalue weighted by atomic mass is 16.5. The summed E-state index contributed by atoms with van der Waals surface area (Å²) in [6.07, 6.45) is 1.34. The largest absolute Gasteiger partial charge is 0.476 e. The first-order valence-electron chi connectivity index (χ1n) is 3.87. The molecule has 0 aliphatic rings. The second-order valence-electron chi connectivity index (χ2n) is 2.41. The zero-order valence-corrected chi connectivity index (χ0v) is 7.00. The molecular formula is C7H8N4O2. The average molecular weight is 180 g/mol. The van der Waals surface area contributed by atoms with Crippen molar-refractivity contribution in [3.05, 3.63) is 16.8 Å². The molecule has 0 unspecified atom stereocenters. The lowest BCUT2D eigenvalue weighted by Crippen LogP contribution is -2.00. The van der Waals surface area contributed by atoms with Crippen molar-refractivity contribution in [2.45, 2.75) is 6.92 Å². The van der Waals surface area contributed by atoms with E-state index in [1.54, 1.807) is 0 Å². The number of ether oxygens (including phenoxy) is 1. The molecule has 68 valence electrons. The highest BCUT2D eigenvalue weighted by Crippen LogP contribution is 2.14. The van der Waals surface area contributed by atoms with E-state index in [1.165, 1.54) is 6.33 Å². The molecule has 2 rings (SSSR count). The molecule has 6 heteroatoms. The average Bonchev–Trinajstić information content (AvgIpc) is 2.47. The zero-order valence-electron chi connectivity index (χ0n) is 7.00. The van der Waals surface area contributed by atoms with E-state index < -0.39 is 0 Å². The van der Waals surface area contributed by atoms with E-state index in [4.69, 9.17) is 4.74 Å². The second kappa shape index (κ2) is 2.89. The summed E-state index contributed by atoms with van der Waals surface area (Å²) in [6, 6.07) is 0. The fourth-order valence-electron chi connectivity index (χ4n) is 1.08. The summed E-state index contributed by atoms with van der Waals surface area (Å²) in [6.45, 7) is 2.35. The second-order valence-corrected chi connectivity index (χ2v) is 2.41. The third-order valence-electron chi connectivity index (χ3n) is 1.56. The Kier molecular flexibility index (Phi) is 1.73. The molecular weight excluding hydrogens is 172 g/mol. The predicted octanol–water partition coefficient (Wildman–Crippen LogP) is 0.0449. The quantitative estimate of drug-likeness (QED) is 0.683. The van der Waals surface area contributed by atoms with Crippen LogP contribution in [0.25, 0.3) is 11.2 Å². The Bertz CT molecular complexity index is 473. The van der Waals surface area contributed by atoms with Crippen LogP contribution in [0.3, 0.4) is 0 Å². The Labute approximate surface area is 73.0 Å². The normalized spacial score (nSPS) is 10.5. The maximum Gasteiger partial charge on any atom is 0.325 e. The minimum atomic E-state index is -0.309. The summed E-state index contributed by atoms with van der Waals surface area (Å²) in [5.41, 5.74) is 0.661. The molecule has 0 aliphatic carbocycles. The summed E-state index contributed by atoms with van der Waals surface area (Å²) < 4.78 is 5.19. The number of aromatic amines is 2. The molecule has 0 amide bonds. The van der Waals surface area contributed by atoms with Crippen LogP contribution < -0.4 is 10.4 Å². The van der Waals surface area contributed by atoms with Crippen LogP contribution in [0, 0.1) is 0 Å². The molecule has 2 N–H and O–H groups in total. The van der Waals surface area contributed by atoms with Crippen molar-refractivity contribution in [3.8, 4) is 5.88 Å². The summed E-state index contributed by atoms with van der Waals surface area (Å²) in [4.78, 5) is 23.7. The topological polar surface area (TPSA) is 83.7 Å². The molecule has 0 saturated carbocycles. The number of hydrogen-bond donors (Lipinski definition) is 2. The van der Waals surface area contributed by atoms with Gasteiger partial charge in [0.15, 0.2) is 5.65 Å². The molecule has 0 bridgehead atoms. The molecule has 2 aromatic heterocycles. The first-order chi connectivity index (χ1) is 6.31. The number of hydrogen-bond acceptors (Lipinski definition) is 4. The van der Waals surface area contributed by atoms with Gasteiger partial charge in [-0.25, -0.2) is 9.78 Å². The number of imidazole rings is 1. The number of H-pyrrole nitrogens is 2. The highest BCUT2D eigenvalue weighted by Gasteiger charge is 2.06. The molecule has 0 atom stereocenters. The van der Waals surface area contributed by atoms with Gasteiger partial charge in [0.1, 0.15) is 11.8 Å². The number of aromatic nitrogens is 4. The molecule has 13 heavy (non-hydrogen) atoms. The van der Waals surface area contributed by atoms with E-state index in [-0.39, 0.29) is 5.69 Å². The number of nitrogens with one attached hydrogen (secondary N) is 2. The molecule has 0 fully saturated rings. The Morgan fingerprint density at radius 1 is 1.46 bits per heavy atom. The van der Waals surface area contributed by atoms with Crippen molar-refractivity contribution in [2.75, 3.05) is 6.61 Å². The van der Waals surface area contributed by atoms with Gasteiger partial charge in [-0.2, -0.15) is 4.98 Å². The van der Waals surface area contributed by atoms with Gasteiger partial charge in [-0.1, -0.05) is 0 Å². The predicted molar refractivity (Wildman–Crippen MR) is 45.7 cm³/mol. The van der Waals surface area contributed by atoms with Crippen molar-refractivity contribution < 1.29 is 4.74 Å². The summed E-state index contributed by atoms with van der Waals surface area (Å²) in [5, 5.41) is 0. The Hall–Kier alpha value is -1.85. The smallest absolute Gasteiger partial charge is 0.325 e. The van der Waals surface area contributed by atoms with Gasteiger partial charge in [-0.15, -0.1) is 0 Å². The molecule has 2 heterocycles. The monoisotopic (exact) mass is 180 g/mol. The van der Waals surface area contributed by atoms with Crippen molar-refractivity contribution >= 4 is 11.2 Å². The van der Waals surface area contributed by atoms with E-state index in [0.717, 1.165) is 0 Å². The van der Waals surface area contributed by atoms with Gasteiger partial charge in [0, 0.05) is 0 Å². The van der Waals surface area contributed by atoms with Crippen molar-refractivity contribution in [2.24, 2.45) is 0 Å². The SMILES string of the molecule is CCOc1ncnc2[nH]c(=O)[nH]c12. The van der Waals surface area contributed by atoms with E-state index in [9.17, 15) is 4.79 Å². The standard InChI is InChI=1S/C7H8N4O2/c1-2-13-6-4-5(8-3-9-6)11-7(12)10-4/h3H,2H2,1H3,(H2,8,9,10,11,12). The molecule has 0 saturated heterocycles. The molecule has 0 aliphatic heterocycles. The van der Waals surface area contributed by atoms with Crippen LogP contribution in [0.1, 0.15) is 6.92 Å². The van der Waals surface area contributed by atoms with Crippen LogP contribution >= 0.6 is 0 Å². The van der Waals surface area contributed by atoms with Crippen molar-refractivity contribution in [3.63, 3.8) is 0 Å². The van der Waals surface area contributed by atoms with Crippen molar-refractivity contribution in [1.29, 1.82) is 0 Å². The lowest BCUT2D eigenvalue weighted by Gasteiger charge is -2.00. The van der Waals surface area contributed by atoms with Crippen LogP contribution in [-0.2, 0) is 0 Å². The van der Waals surface area contributed by atoms with Gasteiger partial charge < -0.3 is 4.74 Å². The molecule has 0 aromatic carbocycles. The maximum atomic E-state index is 10.9. The Morgan fingerprint density at radius 2 is 2.31 bits per heavy atom. The minimum Gasteiger partial charge on any atom is -0.476 e. The van der Waals surface area contributed by atoms with E-state index in [2.05, 4.69) is 19.9 Å². The summed E-state index contributed by atoms with van der Waals surface area (Å²) >= 11 is 0. The first-order valence-corrected chi connectivity index (χ1v) is 3.87. The van der Waals surface area contributed by atoms with Gasteiger partial charge >= 0.3 is 5.69 Å². The van der Waals surface area contributed by atoms with Crippen LogP contribution in [-0.4, -0.2) is 26.5 Å². The molecule has 0 spiro atoms. The highest BCUT2D eigenvalue weighted by molar-refractivity contribution is 5.74. The Balaban J connectivity index is 2.67. The molecule has 6 nitrogen and oxygen atoms in total. The summed E-state index contributed by atoms with van der Waals surface area (Å²) in [5.74, 6) is 0.394. The van der Waals surface area contributed by atoms with Crippen LogP contribution in [0.5, 0.6) is 5.88 Å². The lowest BCUT2D eigenvalue weighted by atomic mass is 10.5. The van der Waals surface area contributed by atoms with Gasteiger partial charge in [0.25, 0.3) is 0 Å². The fraction of sp³-hybridized carbons (Fsp3) is 0.286. The van der Waals surface area contributed by atoms with Crippen LogP contribution in [0.4, 0.5) is 0 Å². The van der Waals surface area contributed by atoms with Gasteiger partial charge in [0.05, 0.1) is 6.61 Å². The first kappa shape index (κ1) is 7.78. The van der Waals surface area contributed by atoms with E-state index in [0.29, 0.717) is 23.7 Å². The van der Waals surface area contributed by atoms with Gasteiger partial charge in [-0.05, 0) is 6.92 Å². The van der Waals surface area contributed by atoms with Crippen LogP contribution in [0.2, 0.25) is 0 Å². The van der Waals surface area contributed by atoms with Crippen LogP contribution in [0.15, 0.2) is 11.1 Å². The zero-order chi connectivity index (χ0) is 9.26. The number of fused-ring (bicyclic) bond motifs is 1. The van der Waals surface area contributed by atoms with Gasteiger partial charge in [-0.3, -0.25) is 9.97 Å². The van der Waals surface area contributed by atoms with E-state index >= 15 is 0 Å². The summed E-state index contributed by atoms with van der Waals surface area (Å²) in [7, 11) is 0. The molecule has 2 aromatic rings. The number of nitrogens with zero attached hydrogens (tertiary/aromatic N) is 2. The van der Waals surface area contributed by atoms with Gasteiger partial charge in [0.2, 0.25) is 5.88 Å². The molecule has 0 radical (unpaired) electrons. The third-order valence-corrected chi connectivity index (χ3v) is 1.56.